The largest absolute Gasteiger partial charge is 0.497 e. The smallest absolute Gasteiger partial charge is 0.332 e. The minimum absolute atomic E-state index is 0.0585. The van der Waals surface area contributed by atoms with E-state index >= 15 is 0 Å². The van der Waals surface area contributed by atoms with Gasteiger partial charge in [0.15, 0.2) is 0 Å². The highest BCUT2D eigenvalue weighted by Crippen LogP contribution is 2.25. The van der Waals surface area contributed by atoms with Gasteiger partial charge in [-0.25, -0.2) is 4.79 Å². The van der Waals surface area contributed by atoms with Gasteiger partial charge in [-0.2, -0.15) is 0 Å². The number of hydrogen-bond acceptors (Lipinski definition) is 6. The summed E-state index contributed by atoms with van der Waals surface area (Å²) in [6, 6.07) is 6.95. The number of carbonyl (C=O) groups excluding carboxylic acids is 1. The number of piperidine rings is 1. The molecule has 1 saturated heterocycles. The topological polar surface area (TPSA) is 94.8 Å². The number of benzene rings is 1. The lowest BCUT2D eigenvalue weighted by Crippen LogP contribution is -2.47. The fourth-order valence-electron chi connectivity index (χ4n) is 3.94. The molecule has 1 aromatic heterocycles. The summed E-state index contributed by atoms with van der Waals surface area (Å²) in [6.07, 6.45) is 1.56. The zero-order valence-electron chi connectivity index (χ0n) is 18.5. The zero-order chi connectivity index (χ0) is 22.5. The molecule has 1 N–H and O–H groups in total. The monoisotopic (exact) mass is 430 g/mol. The van der Waals surface area contributed by atoms with Gasteiger partial charge in [0.25, 0.3) is 5.56 Å². The van der Waals surface area contributed by atoms with Crippen LogP contribution in [-0.4, -0.2) is 42.4 Å². The van der Waals surface area contributed by atoms with Crippen molar-refractivity contribution in [2.75, 3.05) is 32.2 Å². The number of aromatic nitrogens is 2. The average molecular weight is 431 g/mol. The standard InChI is InChI=1S/C22H30N4O5/c1-5-26-19(12-20(27)24(2)22(26)29)25-10-6-7-16(14-25)21(28)23-13-15-8-9-17(30-3)11-18(15)31-4/h8-9,11-12,16H,5-7,10,13-14H2,1-4H3,(H,23,28)/t16-/m1/s1. The number of rotatable bonds is 7. The summed E-state index contributed by atoms with van der Waals surface area (Å²) in [5.41, 5.74) is 0.168. The summed E-state index contributed by atoms with van der Waals surface area (Å²) < 4.78 is 13.3. The van der Waals surface area contributed by atoms with Crippen LogP contribution >= 0.6 is 0 Å². The van der Waals surface area contributed by atoms with Gasteiger partial charge in [0, 0.05) is 50.9 Å². The molecule has 168 valence electrons. The molecule has 2 aromatic rings. The van der Waals surface area contributed by atoms with Crippen molar-refractivity contribution < 1.29 is 14.3 Å². The summed E-state index contributed by atoms with van der Waals surface area (Å²) in [5.74, 6) is 1.62. The molecular formula is C22H30N4O5. The van der Waals surface area contributed by atoms with Crippen LogP contribution in [-0.2, 0) is 24.9 Å². The summed E-state index contributed by atoms with van der Waals surface area (Å²) in [7, 11) is 4.64. The van der Waals surface area contributed by atoms with Gasteiger partial charge < -0.3 is 19.7 Å². The third-order valence-corrected chi connectivity index (χ3v) is 5.76. The maximum atomic E-state index is 12.9. The van der Waals surface area contributed by atoms with Crippen molar-refractivity contribution >= 4 is 11.7 Å². The molecule has 2 heterocycles. The maximum Gasteiger partial charge on any atom is 0.332 e. The first-order chi connectivity index (χ1) is 14.9. The molecule has 9 nitrogen and oxygen atoms in total. The van der Waals surface area contributed by atoms with Crippen LogP contribution in [0.1, 0.15) is 25.3 Å². The molecule has 1 atom stereocenters. The van der Waals surface area contributed by atoms with E-state index in [0.717, 1.165) is 23.0 Å². The Hall–Kier alpha value is -3.23. The fraction of sp³-hybridized carbons (Fsp3) is 0.500. The average Bonchev–Trinajstić information content (AvgIpc) is 2.80. The second-order valence-corrected chi connectivity index (χ2v) is 7.61. The molecule has 0 saturated carbocycles. The first-order valence-corrected chi connectivity index (χ1v) is 10.4. The van der Waals surface area contributed by atoms with Gasteiger partial charge in [-0.3, -0.25) is 18.7 Å². The lowest BCUT2D eigenvalue weighted by atomic mass is 9.97. The fourth-order valence-corrected chi connectivity index (χ4v) is 3.94. The molecule has 1 aliphatic rings. The number of anilines is 1. The number of carbonyl (C=O) groups is 1. The Kier molecular flexibility index (Phi) is 7.04. The lowest BCUT2D eigenvalue weighted by molar-refractivity contribution is -0.125. The number of hydrogen-bond donors (Lipinski definition) is 1. The van der Waals surface area contributed by atoms with E-state index in [2.05, 4.69) is 5.32 Å². The zero-order valence-corrected chi connectivity index (χ0v) is 18.5. The predicted octanol–water partition coefficient (Wildman–Crippen LogP) is 1.12. The second-order valence-electron chi connectivity index (χ2n) is 7.61. The minimum Gasteiger partial charge on any atom is -0.497 e. The van der Waals surface area contributed by atoms with Crippen LogP contribution in [0.4, 0.5) is 5.82 Å². The van der Waals surface area contributed by atoms with E-state index < -0.39 is 0 Å². The molecule has 1 aromatic carbocycles. The third-order valence-electron chi connectivity index (χ3n) is 5.76. The van der Waals surface area contributed by atoms with Crippen molar-refractivity contribution in [2.45, 2.75) is 32.9 Å². The second kappa shape index (κ2) is 9.72. The quantitative estimate of drug-likeness (QED) is 0.707. The normalized spacial score (nSPS) is 16.1. The molecule has 0 radical (unpaired) electrons. The summed E-state index contributed by atoms with van der Waals surface area (Å²) >= 11 is 0. The predicted molar refractivity (Wildman–Crippen MR) is 118 cm³/mol. The van der Waals surface area contributed by atoms with E-state index in [-0.39, 0.29) is 23.1 Å². The molecule has 0 bridgehead atoms. The molecule has 0 spiro atoms. The van der Waals surface area contributed by atoms with E-state index in [1.165, 1.54) is 13.1 Å². The summed E-state index contributed by atoms with van der Waals surface area (Å²) in [4.78, 5) is 39.5. The summed E-state index contributed by atoms with van der Waals surface area (Å²) in [5, 5.41) is 2.99. The SMILES string of the molecule is CCn1c(N2CCC[C@@H](C(=O)NCc3ccc(OC)cc3OC)C2)cc(=O)n(C)c1=O. The van der Waals surface area contributed by atoms with Gasteiger partial charge in [0.2, 0.25) is 5.91 Å². The summed E-state index contributed by atoms with van der Waals surface area (Å²) in [6.45, 7) is 3.81. The van der Waals surface area contributed by atoms with E-state index in [0.29, 0.717) is 43.5 Å². The van der Waals surface area contributed by atoms with E-state index in [9.17, 15) is 14.4 Å². The van der Waals surface area contributed by atoms with Gasteiger partial charge in [0.1, 0.15) is 17.3 Å². The number of methoxy groups -OCH3 is 2. The molecule has 0 unspecified atom stereocenters. The highest BCUT2D eigenvalue weighted by molar-refractivity contribution is 5.79. The maximum absolute atomic E-state index is 12.9. The first kappa shape index (κ1) is 22.5. The molecular weight excluding hydrogens is 400 g/mol. The van der Waals surface area contributed by atoms with Gasteiger partial charge >= 0.3 is 5.69 Å². The van der Waals surface area contributed by atoms with Gasteiger partial charge in [-0.05, 0) is 31.9 Å². The molecule has 9 heteroatoms. The minimum atomic E-state index is -0.345. The van der Waals surface area contributed by atoms with Crippen LogP contribution in [0.15, 0.2) is 33.9 Å². The number of nitrogens with zero attached hydrogens (tertiary/aromatic N) is 3. The Bertz CT molecular complexity index is 1060. The highest BCUT2D eigenvalue weighted by Gasteiger charge is 2.28. The third kappa shape index (κ3) is 4.76. The van der Waals surface area contributed by atoms with Crippen molar-refractivity contribution in [1.82, 2.24) is 14.5 Å². The Labute approximate surface area is 181 Å². The molecule has 1 aliphatic heterocycles. The molecule has 1 amide bonds. The Morgan fingerprint density at radius 3 is 2.65 bits per heavy atom. The van der Waals surface area contributed by atoms with Crippen molar-refractivity contribution in [3.8, 4) is 11.5 Å². The van der Waals surface area contributed by atoms with E-state index in [4.69, 9.17) is 9.47 Å². The van der Waals surface area contributed by atoms with Crippen molar-refractivity contribution in [1.29, 1.82) is 0 Å². The molecule has 1 fully saturated rings. The molecule has 3 rings (SSSR count). The van der Waals surface area contributed by atoms with Crippen LogP contribution in [0.5, 0.6) is 11.5 Å². The Balaban J connectivity index is 1.72. The van der Waals surface area contributed by atoms with E-state index in [1.807, 2.05) is 24.0 Å². The first-order valence-electron chi connectivity index (χ1n) is 10.4. The van der Waals surface area contributed by atoms with Crippen LogP contribution in [0.3, 0.4) is 0 Å². The van der Waals surface area contributed by atoms with Crippen LogP contribution in [0, 0.1) is 5.92 Å². The van der Waals surface area contributed by atoms with Crippen molar-refractivity contribution in [3.63, 3.8) is 0 Å². The highest BCUT2D eigenvalue weighted by atomic mass is 16.5. The van der Waals surface area contributed by atoms with Crippen molar-refractivity contribution in [3.05, 3.63) is 50.7 Å². The molecule has 0 aliphatic carbocycles. The van der Waals surface area contributed by atoms with Gasteiger partial charge in [-0.1, -0.05) is 0 Å². The van der Waals surface area contributed by atoms with Gasteiger partial charge in [0.05, 0.1) is 20.1 Å². The Morgan fingerprint density at radius 1 is 1.19 bits per heavy atom. The lowest BCUT2D eigenvalue weighted by Gasteiger charge is -2.34. The van der Waals surface area contributed by atoms with Crippen LogP contribution < -0.4 is 30.9 Å². The van der Waals surface area contributed by atoms with E-state index in [1.54, 1.807) is 24.9 Å². The number of nitrogens with one attached hydrogen (secondary N) is 1. The molecule has 31 heavy (non-hydrogen) atoms. The van der Waals surface area contributed by atoms with Crippen LogP contribution in [0.2, 0.25) is 0 Å². The number of amides is 1. The van der Waals surface area contributed by atoms with Crippen LogP contribution in [0.25, 0.3) is 0 Å². The van der Waals surface area contributed by atoms with Gasteiger partial charge in [-0.15, -0.1) is 0 Å². The Morgan fingerprint density at radius 2 is 1.97 bits per heavy atom. The van der Waals surface area contributed by atoms with Crippen molar-refractivity contribution in [2.24, 2.45) is 13.0 Å². The number of ether oxygens (including phenoxy) is 2.